The molecule has 0 aliphatic carbocycles. The molecule has 17 heteroatoms. The quantitative estimate of drug-likeness (QED) is 0.0394. The normalized spacial score (nSPS) is 30.6. The van der Waals surface area contributed by atoms with E-state index in [1.54, 1.807) is 52.8 Å². The first-order chi connectivity index (χ1) is 31.2. The number of benzene rings is 3. The lowest BCUT2D eigenvalue weighted by atomic mass is 9.78. The average molecular weight is 912 g/mol. The van der Waals surface area contributed by atoms with Crippen molar-refractivity contribution < 1.29 is 53.5 Å². The van der Waals surface area contributed by atoms with Crippen molar-refractivity contribution in [3.63, 3.8) is 0 Å². The number of phenols is 1. The monoisotopic (exact) mass is 911 g/mol. The zero-order valence-corrected chi connectivity index (χ0v) is 39.3. The molecule has 0 saturated carbocycles. The van der Waals surface area contributed by atoms with Gasteiger partial charge in [-0.25, -0.2) is 4.98 Å². The molecule has 3 aliphatic heterocycles. The smallest absolute Gasteiger partial charge is 0.302 e. The van der Waals surface area contributed by atoms with E-state index in [4.69, 9.17) is 28.3 Å². The number of aliphatic hydroxyl groups excluding tert-OH is 2. The van der Waals surface area contributed by atoms with Crippen molar-refractivity contribution >= 4 is 61.9 Å². The van der Waals surface area contributed by atoms with Crippen molar-refractivity contribution in [2.24, 2.45) is 28.8 Å². The minimum absolute atomic E-state index is 0.00809. The van der Waals surface area contributed by atoms with Crippen LogP contribution in [0, 0.1) is 37.5 Å². The number of piperazine rings is 1. The Kier molecular flexibility index (Phi) is 13.6. The molecule has 66 heavy (non-hydrogen) atoms. The van der Waals surface area contributed by atoms with Crippen LogP contribution in [0.5, 0.6) is 11.5 Å². The van der Waals surface area contributed by atoms with Crippen LogP contribution >= 0.6 is 0 Å². The Morgan fingerprint density at radius 3 is 2.32 bits per heavy atom. The third-order valence-corrected chi connectivity index (χ3v) is 13.6. The van der Waals surface area contributed by atoms with Gasteiger partial charge in [0.1, 0.15) is 28.6 Å². The van der Waals surface area contributed by atoms with Crippen molar-refractivity contribution in [1.82, 2.24) is 9.88 Å². The number of nitrogens with zero attached hydrogens (tertiary/aromatic N) is 4. The number of rotatable bonds is 3. The molecule has 4 aromatic rings. The standard InChI is InChI=1S/C49H61N5O12/c1-23-13-12-14-24(2)48(60)51-39-43(59)35-34(38-46(39)65-33-22-31(21-25(3)37(33)50-38)54-18-16-53(10)17-19-54)36-45(29(7)42(35)58)66-49(9,47(36)52-61)63-20-15-32(62-11)26(4)44(64-30(8)55)28(6)41(57)27(5)40(23)56/h12-15,20-23,26-28,32,40-41,44,56-57,59,61H,16-19H2,1-11H3,(H,51,60)/b13-12+,20-15+,24-14-,52-47-/t23-,26+,27+,28+,32-,40-,41+,44+,49-/m0/s1. The Hall–Kier alpha value is -6.01. The molecule has 3 aromatic carbocycles. The maximum Gasteiger partial charge on any atom is 0.302 e. The molecule has 1 amide bonds. The molecule has 7 rings (SSSR count). The number of oxime groups is 1. The highest BCUT2D eigenvalue weighted by atomic mass is 16.7. The summed E-state index contributed by atoms with van der Waals surface area (Å²) in [6.07, 6.45) is 3.81. The number of methoxy groups -OCH3 is 1. The van der Waals surface area contributed by atoms with Crippen molar-refractivity contribution in [2.75, 3.05) is 50.6 Å². The summed E-state index contributed by atoms with van der Waals surface area (Å²) in [5.41, 5.74) is 1.77. The van der Waals surface area contributed by atoms with E-state index in [1.165, 1.54) is 40.2 Å². The summed E-state index contributed by atoms with van der Waals surface area (Å²) < 4.78 is 31.0. The minimum atomic E-state index is -1.89. The number of hydrogen-bond donors (Lipinski definition) is 5. The number of hydrogen-bond acceptors (Lipinski definition) is 16. The predicted molar refractivity (Wildman–Crippen MR) is 250 cm³/mol. The van der Waals surface area contributed by atoms with Gasteiger partial charge in [0.25, 0.3) is 11.7 Å². The molecule has 0 radical (unpaired) electrons. The zero-order chi connectivity index (χ0) is 48.1. The van der Waals surface area contributed by atoms with Crippen LogP contribution < -0.4 is 20.4 Å². The number of allylic oxidation sites excluding steroid dienone is 2. The molecule has 17 nitrogen and oxygen atoms in total. The number of aromatic hydroxyl groups is 1. The van der Waals surface area contributed by atoms with Gasteiger partial charge in [-0.1, -0.05) is 51.1 Å². The molecule has 0 spiro atoms. The lowest BCUT2D eigenvalue weighted by molar-refractivity contribution is -0.160. The number of esters is 1. The second-order valence-corrected chi connectivity index (χ2v) is 18.2. The maximum atomic E-state index is 14.5. The van der Waals surface area contributed by atoms with Crippen molar-refractivity contribution in [3.05, 3.63) is 75.2 Å². The van der Waals surface area contributed by atoms with E-state index in [2.05, 4.69) is 27.3 Å². The molecule has 9 atom stereocenters. The number of amides is 1. The van der Waals surface area contributed by atoms with Gasteiger partial charge in [0, 0.05) is 99.1 Å². The number of likely N-dealkylation sites (N-methyl/N-ethyl adjacent to an activating group) is 1. The molecule has 5 N–H and O–H groups in total. The topological polar surface area (TPSA) is 226 Å². The molecule has 354 valence electrons. The van der Waals surface area contributed by atoms with Gasteiger partial charge in [-0.2, -0.15) is 0 Å². The molecule has 1 fully saturated rings. The second-order valence-electron chi connectivity index (χ2n) is 18.2. The number of phenolic OH excluding ortho intramolecular Hbond substituents is 1. The molecule has 0 unspecified atom stereocenters. The summed E-state index contributed by atoms with van der Waals surface area (Å²) in [7, 11) is 3.53. The Morgan fingerprint density at radius 1 is 0.970 bits per heavy atom. The highest BCUT2D eigenvalue weighted by molar-refractivity contribution is 6.27. The van der Waals surface area contributed by atoms with Crippen molar-refractivity contribution in [1.29, 1.82) is 0 Å². The van der Waals surface area contributed by atoms with Crippen LogP contribution in [-0.4, -0.2) is 119 Å². The highest BCUT2D eigenvalue weighted by Crippen LogP contribution is 2.49. The zero-order valence-electron chi connectivity index (χ0n) is 39.3. The second kappa shape index (κ2) is 18.7. The predicted octanol–water partition coefficient (Wildman–Crippen LogP) is 6.05. The molecule has 3 aliphatic rings. The van der Waals surface area contributed by atoms with E-state index in [9.17, 15) is 34.9 Å². The van der Waals surface area contributed by atoms with Gasteiger partial charge < -0.3 is 59.0 Å². The number of aryl methyl sites for hydroxylation is 1. The van der Waals surface area contributed by atoms with Crippen LogP contribution in [-0.2, 0) is 23.8 Å². The third kappa shape index (κ3) is 8.60. The van der Waals surface area contributed by atoms with Crippen LogP contribution in [0.15, 0.2) is 62.6 Å². The number of carbonyl (C=O) groups excluding carboxylic acids is 2. The number of nitrogens with one attached hydrogen (secondary N) is 1. The van der Waals surface area contributed by atoms with E-state index < -0.39 is 76.9 Å². The van der Waals surface area contributed by atoms with E-state index >= 15 is 0 Å². The van der Waals surface area contributed by atoms with E-state index in [1.807, 2.05) is 19.1 Å². The molecular weight excluding hydrogens is 851 g/mol. The van der Waals surface area contributed by atoms with Crippen molar-refractivity contribution in [2.45, 2.75) is 92.5 Å². The van der Waals surface area contributed by atoms with Gasteiger partial charge in [0.2, 0.25) is 0 Å². The highest BCUT2D eigenvalue weighted by Gasteiger charge is 2.48. The first-order valence-electron chi connectivity index (χ1n) is 22.3. The van der Waals surface area contributed by atoms with E-state index in [0.29, 0.717) is 11.1 Å². The Morgan fingerprint density at radius 2 is 1.67 bits per heavy atom. The van der Waals surface area contributed by atoms with Gasteiger partial charge in [-0.05, 0) is 45.5 Å². The van der Waals surface area contributed by atoms with Gasteiger partial charge in [0.15, 0.2) is 28.1 Å². The lowest BCUT2D eigenvalue weighted by Gasteiger charge is -2.38. The summed E-state index contributed by atoms with van der Waals surface area (Å²) in [5.74, 6) is -6.18. The Balaban J connectivity index is 1.47. The number of carbonyl (C=O) groups is 2. The summed E-state index contributed by atoms with van der Waals surface area (Å²) >= 11 is 0. The van der Waals surface area contributed by atoms with Gasteiger partial charge in [-0.15, -0.1) is 0 Å². The molecular formula is C49H61N5O12. The molecule has 1 aromatic heterocycles. The average Bonchev–Trinajstić information content (AvgIpc) is 3.59. The van der Waals surface area contributed by atoms with Crippen LogP contribution in [0.4, 0.5) is 11.4 Å². The van der Waals surface area contributed by atoms with Gasteiger partial charge >= 0.3 is 5.97 Å². The fourth-order valence-electron chi connectivity index (χ4n) is 9.46. The van der Waals surface area contributed by atoms with Crippen molar-refractivity contribution in [3.8, 4) is 11.5 Å². The number of aliphatic hydroxyl groups is 2. The van der Waals surface area contributed by atoms with E-state index in [0.717, 1.165) is 37.4 Å². The Bertz CT molecular complexity index is 2750. The van der Waals surface area contributed by atoms with Crippen LogP contribution in [0.3, 0.4) is 0 Å². The first kappa shape index (κ1) is 47.9. The van der Waals surface area contributed by atoms with Gasteiger partial charge in [0.05, 0.1) is 35.5 Å². The summed E-state index contributed by atoms with van der Waals surface area (Å²) in [6, 6.07) is 3.87. The lowest BCUT2D eigenvalue weighted by Crippen LogP contribution is -2.46. The fourth-order valence-corrected chi connectivity index (χ4v) is 9.46. The number of fused-ring (bicyclic) bond motifs is 2. The SMILES string of the molecule is CO[C@H]1/C=C/O[C@@]2(C)Oc3c(C)c(=O)c4c(O)c(c5oc6cc(N7CCN(C)CC7)cc(C)c6nc5c4c3/C2=N/O)NC(=O)/C(C)=C\C=C\[C@H](C)[C@H](O)[C@@H](C)[C@@H](O)[C@@H](C)[C@H](OC(C)=O)[C@@H]1C. The molecule has 1 saturated heterocycles. The van der Waals surface area contributed by atoms with Crippen LogP contribution in [0.2, 0.25) is 0 Å². The van der Waals surface area contributed by atoms with Crippen LogP contribution in [0.25, 0.3) is 33.0 Å². The van der Waals surface area contributed by atoms with Crippen LogP contribution in [0.1, 0.15) is 65.2 Å². The summed E-state index contributed by atoms with van der Waals surface area (Å²) in [4.78, 5) is 50.7. The number of anilines is 2. The minimum Gasteiger partial charge on any atom is -0.505 e. The molecule has 4 heterocycles. The largest absolute Gasteiger partial charge is 0.505 e. The van der Waals surface area contributed by atoms with E-state index in [-0.39, 0.29) is 55.7 Å². The fraction of sp³-hybridized carbons (Fsp3) is 0.490. The Labute approximate surface area is 382 Å². The third-order valence-electron chi connectivity index (χ3n) is 13.6. The summed E-state index contributed by atoms with van der Waals surface area (Å²) in [5, 5.41) is 52.4. The maximum absolute atomic E-state index is 14.5. The molecule has 4 bridgehead atoms. The first-order valence-corrected chi connectivity index (χ1v) is 22.3. The summed E-state index contributed by atoms with van der Waals surface area (Å²) in [6.45, 7) is 18.0. The number of ether oxygens (including phenoxy) is 4. The number of aromatic nitrogens is 1. The van der Waals surface area contributed by atoms with Gasteiger partial charge in [-0.3, -0.25) is 14.4 Å².